The van der Waals surface area contributed by atoms with Crippen LogP contribution in [-0.2, 0) is 11.8 Å². The largest absolute Gasteiger partial charge is 0.244 e. The van der Waals surface area contributed by atoms with Crippen LogP contribution in [0.25, 0.3) is 0 Å². The molecular formula is C16H20N2S. The number of hydrogen-bond donors (Lipinski definition) is 0. The first-order valence-electron chi connectivity index (χ1n) is 7.52. The molecule has 3 heteroatoms. The number of aromatic nitrogens is 1. The molecule has 0 N–H and O–H groups in total. The number of thiazole rings is 1. The van der Waals surface area contributed by atoms with E-state index in [9.17, 15) is 0 Å². The van der Waals surface area contributed by atoms with Gasteiger partial charge in [-0.05, 0) is 63.2 Å². The fourth-order valence-electron chi connectivity index (χ4n) is 5.49. The zero-order valence-electron chi connectivity index (χ0n) is 11.5. The van der Waals surface area contributed by atoms with E-state index < -0.39 is 0 Å². The van der Waals surface area contributed by atoms with Crippen molar-refractivity contribution in [3.8, 4) is 6.07 Å². The summed E-state index contributed by atoms with van der Waals surface area (Å²) >= 11 is 1.75. The van der Waals surface area contributed by atoms with Gasteiger partial charge in [-0.2, -0.15) is 5.26 Å². The van der Waals surface area contributed by atoms with Crippen molar-refractivity contribution < 1.29 is 0 Å². The highest BCUT2D eigenvalue weighted by atomic mass is 32.1. The van der Waals surface area contributed by atoms with Crippen molar-refractivity contribution in [2.24, 2.45) is 17.8 Å². The highest BCUT2D eigenvalue weighted by Gasteiger charge is 2.53. The maximum Gasteiger partial charge on any atom is 0.107 e. The number of nitriles is 1. The molecule has 0 spiro atoms. The Bertz CT molecular complexity index is 516. The minimum atomic E-state index is 0.392. The second-order valence-electron chi connectivity index (χ2n) is 7.05. The molecule has 5 rings (SSSR count). The fourth-order valence-corrected chi connectivity index (χ4v) is 6.47. The van der Waals surface area contributed by atoms with Gasteiger partial charge in [0.1, 0.15) is 5.01 Å². The summed E-state index contributed by atoms with van der Waals surface area (Å²) in [4.78, 5) is 6.27. The third kappa shape index (κ3) is 1.76. The first kappa shape index (κ1) is 11.9. The number of hydrogen-bond acceptors (Lipinski definition) is 3. The summed E-state index contributed by atoms with van der Waals surface area (Å²) in [5.74, 6) is 2.89. The molecule has 4 fully saturated rings. The molecule has 4 bridgehead atoms. The van der Waals surface area contributed by atoms with Crippen LogP contribution in [0.4, 0.5) is 0 Å². The third-order valence-electron chi connectivity index (χ3n) is 5.61. The molecule has 0 radical (unpaired) electrons. The zero-order chi connectivity index (χ0) is 13.0. The van der Waals surface area contributed by atoms with Gasteiger partial charge in [0.25, 0.3) is 0 Å². The summed E-state index contributed by atoms with van der Waals surface area (Å²) < 4.78 is 0. The van der Waals surface area contributed by atoms with E-state index in [0.29, 0.717) is 11.8 Å². The lowest BCUT2D eigenvalue weighted by molar-refractivity contribution is -0.00724. The predicted octanol–water partition coefficient (Wildman–Crippen LogP) is 3.99. The Hall–Kier alpha value is -0.880. The highest BCUT2D eigenvalue weighted by molar-refractivity contribution is 7.11. The van der Waals surface area contributed by atoms with Gasteiger partial charge in [0.15, 0.2) is 0 Å². The number of aryl methyl sites for hydroxylation is 1. The van der Waals surface area contributed by atoms with Crippen LogP contribution in [0, 0.1) is 36.0 Å². The number of rotatable bonds is 2. The lowest BCUT2D eigenvalue weighted by atomic mass is 9.48. The molecule has 100 valence electrons. The summed E-state index contributed by atoms with van der Waals surface area (Å²) in [7, 11) is 0. The smallest absolute Gasteiger partial charge is 0.107 e. The van der Waals surface area contributed by atoms with Gasteiger partial charge in [0, 0.05) is 10.3 Å². The molecule has 0 aromatic carbocycles. The molecule has 0 aliphatic heterocycles. The van der Waals surface area contributed by atoms with Crippen LogP contribution in [0.15, 0.2) is 0 Å². The molecule has 2 nitrogen and oxygen atoms in total. The molecule has 4 aliphatic rings. The average molecular weight is 272 g/mol. The first-order chi connectivity index (χ1) is 9.18. The van der Waals surface area contributed by atoms with Crippen LogP contribution in [0.3, 0.4) is 0 Å². The summed E-state index contributed by atoms with van der Waals surface area (Å²) in [5, 5.41) is 9.90. The van der Waals surface area contributed by atoms with E-state index in [1.807, 2.05) is 0 Å². The first-order valence-corrected chi connectivity index (χ1v) is 8.34. The van der Waals surface area contributed by atoms with E-state index in [2.05, 4.69) is 13.0 Å². The molecule has 19 heavy (non-hydrogen) atoms. The van der Waals surface area contributed by atoms with E-state index in [1.165, 1.54) is 49.1 Å². The monoisotopic (exact) mass is 272 g/mol. The van der Waals surface area contributed by atoms with Crippen LogP contribution in [0.1, 0.15) is 54.1 Å². The summed E-state index contributed by atoms with van der Waals surface area (Å²) in [6.07, 6.45) is 9.03. The Labute approximate surface area is 118 Å². The van der Waals surface area contributed by atoms with Gasteiger partial charge in [-0.1, -0.05) is 0 Å². The van der Waals surface area contributed by atoms with Crippen molar-refractivity contribution in [2.45, 2.75) is 57.3 Å². The molecule has 1 aromatic heterocycles. The van der Waals surface area contributed by atoms with Crippen molar-refractivity contribution in [2.75, 3.05) is 0 Å². The molecule has 4 saturated carbocycles. The van der Waals surface area contributed by atoms with Gasteiger partial charge in [0.2, 0.25) is 0 Å². The van der Waals surface area contributed by atoms with Gasteiger partial charge < -0.3 is 0 Å². The van der Waals surface area contributed by atoms with Crippen molar-refractivity contribution in [3.63, 3.8) is 0 Å². The molecular weight excluding hydrogens is 252 g/mol. The summed E-state index contributed by atoms with van der Waals surface area (Å²) in [6.45, 7) is 2.21. The SMILES string of the molecule is Cc1sc(CC#N)nc1C12CC3CC(CC(C3)C1)C2. The zero-order valence-corrected chi connectivity index (χ0v) is 12.3. The van der Waals surface area contributed by atoms with E-state index in [1.54, 1.807) is 11.3 Å². The van der Waals surface area contributed by atoms with Crippen LogP contribution >= 0.6 is 11.3 Å². The second-order valence-corrected chi connectivity index (χ2v) is 8.33. The van der Waals surface area contributed by atoms with Crippen molar-refractivity contribution in [1.29, 1.82) is 5.26 Å². The lowest BCUT2D eigenvalue weighted by Gasteiger charge is -2.56. The van der Waals surface area contributed by atoms with Gasteiger partial charge in [-0.3, -0.25) is 0 Å². The maximum absolute atomic E-state index is 8.87. The van der Waals surface area contributed by atoms with E-state index in [4.69, 9.17) is 10.2 Å². The van der Waals surface area contributed by atoms with Gasteiger partial charge >= 0.3 is 0 Å². The number of nitrogens with zero attached hydrogens (tertiary/aromatic N) is 2. The normalized spacial score (nSPS) is 39.5. The van der Waals surface area contributed by atoms with Crippen LogP contribution in [0.2, 0.25) is 0 Å². The molecule has 0 saturated heterocycles. The van der Waals surface area contributed by atoms with Crippen LogP contribution in [0.5, 0.6) is 0 Å². The molecule has 0 amide bonds. The van der Waals surface area contributed by atoms with E-state index >= 15 is 0 Å². The van der Waals surface area contributed by atoms with E-state index in [0.717, 1.165) is 22.8 Å². The van der Waals surface area contributed by atoms with Crippen LogP contribution in [-0.4, -0.2) is 4.98 Å². The molecule has 4 aliphatic carbocycles. The van der Waals surface area contributed by atoms with Gasteiger partial charge in [-0.15, -0.1) is 11.3 Å². The Morgan fingerprint density at radius 2 is 1.79 bits per heavy atom. The topological polar surface area (TPSA) is 36.7 Å². The predicted molar refractivity (Wildman–Crippen MR) is 76.0 cm³/mol. The minimum Gasteiger partial charge on any atom is -0.244 e. The van der Waals surface area contributed by atoms with Crippen molar-refractivity contribution in [3.05, 3.63) is 15.6 Å². The van der Waals surface area contributed by atoms with Crippen molar-refractivity contribution in [1.82, 2.24) is 4.98 Å². The Morgan fingerprint density at radius 3 is 2.32 bits per heavy atom. The molecule has 0 unspecified atom stereocenters. The Kier molecular flexibility index (Phi) is 2.54. The maximum atomic E-state index is 8.87. The third-order valence-corrected chi connectivity index (χ3v) is 6.58. The minimum absolute atomic E-state index is 0.392. The summed E-state index contributed by atoms with van der Waals surface area (Å²) in [6, 6.07) is 2.25. The summed E-state index contributed by atoms with van der Waals surface area (Å²) in [5.41, 5.74) is 1.77. The van der Waals surface area contributed by atoms with Crippen molar-refractivity contribution >= 4 is 11.3 Å². The fraction of sp³-hybridized carbons (Fsp3) is 0.750. The average Bonchev–Trinajstić information content (AvgIpc) is 2.70. The van der Waals surface area contributed by atoms with Crippen LogP contribution < -0.4 is 0 Å². The lowest BCUT2D eigenvalue weighted by Crippen LogP contribution is -2.49. The second kappa shape index (κ2) is 4.06. The van der Waals surface area contributed by atoms with E-state index in [-0.39, 0.29) is 0 Å². The standard InChI is InChI=1S/C16H20N2S/c1-10-15(18-14(19-10)2-3-17)16-7-11-4-12(8-16)6-13(5-11)9-16/h11-13H,2,4-9H2,1H3. The Balaban J connectivity index is 1.73. The molecule has 1 aromatic rings. The highest BCUT2D eigenvalue weighted by Crippen LogP contribution is 2.61. The van der Waals surface area contributed by atoms with Gasteiger partial charge in [-0.25, -0.2) is 4.98 Å². The van der Waals surface area contributed by atoms with Gasteiger partial charge in [0.05, 0.1) is 18.2 Å². The Morgan fingerprint density at radius 1 is 1.21 bits per heavy atom. The molecule has 1 heterocycles. The molecule has 0 atom stereocenters. The quantitative estimate of drug-likeness (QED) is 0.816.